The number of rotatable bonds is 9. The lowest BCUT2D eigenvalue weighted by molar-refractivity contribution is -0.138. The first-order valence-corrected chi connectivity index (χ1v) is 11.3. The molecule has 0 heterocycles. The van der Waals surface area contributed by atoms with Gasteiger partial charge < -0.3 is 10.2 Å². The van der Waals surface area contributed by atoms with Crippen LogP contribution < -0.4 is 5.32 Å². The van der Waals surface area contributed by atoms with Gasteiger partial charge in [-0.1, -0.05) is 53.6 Å². The summed E-state index contributed by atoms with van der Waals surface area (Å²) in [7, 11) is 0. The number of carbonyl (C=O) groups is 2. The summed E-state index contributed by atoms with van der Waals surface area (Å²) < 4.78 is 0. The molecule has 0 fully saturated rings. The third kappa shape index (κ3) is 7.75. The van der Waals surface area contributed by atoms with Gasteiger partial charge in [-0.3, -0.25) is 9.59 Å². The molecule has 0 aliphatic rings. The van der Waals surface area contributed by atoms with Crippen molar-refractivity contribution in [3.63, 3.8) is 0 Å². The molecule has 0 saturated heterocycles. The second kappa shape index (κ2) is 11.3. The molecule has 2 rings (SSSR count). The highest BCUT2D eigenvalue weighted by Crippen LogP contribution is 2.18. The smallest absolute Gasteiger partial charge is 0.242 e. The Kier molecular flexibility index (Phi) is 9.05. The van der Waals surface area contributed by atoms with Gasteiger partial charge in [0, 0.05) is 23.4 Å². The van der Waals surface area contributed by atoms with Crippen LogP contribution in [-0.2, 0) is 21.9 Å². The number of hydrogen-bond donors (Lipinski definition) is 1. The van der Waals surface area contributed by atoms with Gasteiger partial charge in [0.15, 0.2) is 0 Å². The Labute approximate surface area is 183 Å². The predicted molar refractivity (Wildman–Crippen MR) is 122 cm³/mol. The summed E-state index contributed by atoms with van der Waals surface area (Å²) in [5, 5.41) is 3.60. The number of halogens is 1. The lowest BCUT2D eigenvalue weighted by Gasteiger charge is -2.29. The first-order chi connectivity index (χ1) is 13.8. The number of carbonyl (C=O) groups excluding carboxylic acids is 2. The third-order valence-corrected chi connectivity index (χ3v) is 5.64. The van der Waals surface area contributed by atoms with Gasteiger partial charge in [-0.15, -0.1) is 11.8 Å². The Morgan fingerprint density at radius 3 is 2.41 bits per heavy atom. The topological polar surface area (TPSA) is 49.4 Å². The highest BCUT2D eigenvalue weighted by Gasteiger charge is 2.26. The van der Waals surface area contributed by atoms with Crippen molar-refractivity contribution in [2.24, 2.45) is 0 Å². The normalized spacial score (nSPS) is 11.9. The molecule has 2 amide bonds. The van der Waals surface area contributed by atoms with Gasteiger partial charge in [-0.2, -0.15) is 0 Å². The molecule has 0 unspecified atom stereocenters. The summed E-state index contributed by atoms with van der Waals surface area (Å²) in [5.41, 5.74) is 3.22. The zero-order chi connectivity index (χ0) is 21.4. The van der Waals surface area contributed by atoms with Crippen LogP contribution in [0.1, 0.15) is 37.5 Å². The second-order valence-corrected chi connectivity index (χ2v) is 8.89. The number of hydrogen-bond acceptors (Lipinski definition) is 3. The maximum atomic E-state index is 13.0. The lowest BCUT2D eigenvalue weighted by Crippen LogP contribution is -2.49. The van der Waals surface area contributed by atoms with Crippen LogP contribution in [0.2, 0.25) is 5.02 Å². The van der Waals surface area contributed by atoms with Crippen LogP contribution in [0, 0.1) is 6.92 Å². The van der Waals surface area contributed by atoms with Crippen LogP contribution in [0.4, 0.5) is 0 Å². The van der Waals surface area contributed by atoms with Gasteiger partial charge >= 0.3 is 0 Å². The van der Waals surface area contributed by atoms with E-state index in [2.05, 4.69) is 5.32 Å². The molecular weight excluding hydrogens is 404 g/mol. The molecule has 0 aromatic heterocycles. The fraction of sp³-hybridized carbons (Fsp3) is 0.391. The van der Waals surface area contributed by atoms with Crippen molar-refractivity contribution in [2.45, 2.75) is 52.1 Å². The molecule has 4 nitrogen and oxygen atoms in total. The molecule has 0 saturated carbocycles. The van der Waals surface area contributed by atoms with E-state index < -0.39 is 6.04 Å². The van der Waals surface area contributed by atoms with Crippen LogP contribution in [0.5, 0.6) is 0 Å². The highest BCUT2D eigenvalue weighted by molar-refractivity contribution is 7.99. The number of nitrogens with zero attached hydrogens (tertiary/aromatic N) is 1. The summed E-state index contributed by atoms with van der Waals surface area (Å²) in [5.74, 6) is 0.806. The molecule has 2 aromatic carbocycles. The number of amides is 2. The molecule has 0 spiro atoms. The average Bonchev–Trinajstić information content (AvgIpc) is 2.65. The summed E-state index contributed by atoms with van der Waals surface area (Å²) in [6.45, 7) is 8.04. The Hall–Kier alpha value is -1.98. The Morgan fingerprint density at radius 1 is 1.07 bits per heavy atom. The highest BCUT2D eigenvalue weighted by atomic mass is 35.5. The molecule has 0 aliphatic heterocycles. The Bertz CT molecular complexity index is 841. The van der Waals surface area contributed by atoms with Crippen molar-refractivity contribution in [3.8, 4) is 0 Å². The van der Waals surface area contributed by atoms with Crippen molar-refractivity contribution >= 4 is 35.2 Å². The zero-order valence-electron chi connectivity index (χ0n) is 17.4. The Morgan fingerprint density at radius 2 is 1.76 bits per heavy atom. The first-order valence-electron chi connectivity index (χ1n) is 9.74. The summed E-state index contributed by atoms with van der Waals surface area (Å²) >= 11 is 7.56. The minimum atomic E-state index is -0.544. The molecule has 1 N–H and O–H groups in total. The quantitative estimate of drug-likeness (QED) is 0.617. The van der Waals surface area contributed by atoms with E-state index in [0.29, 0.717) is 23.1 Å². The van der Waals surface area contributed by atoms with E-state index >= 15 is 0 Å². The van der Waals surface area contributed by atoms with E-state index in [1.54, 1.807) is 11.8 Å². The summed E-state index contributed by atoms with van der Waals surface area (Å²) in [6, 6.07) is 15.1. The van der Waals surface area contributed by atoms with Gasteiger partial charge in [0.1, 0.15) is 6.04 Å². The third-order valence-electron chi connectivity index (χ3n) is 4.42. The van der Waals surface area contributed by atoms with Crippen molar-refractivity contribution in [3.05, 3.63) is 70.2 Å². The Balaban J connectivity index is 2.07. The lowest BCUT2D eigenvalue weighted by atomic mass is 10.1. The van der Waals surface area contributed by atoms with Crippen LogP contribution >= 0.6 is 23.4 Å². The standard InChI is InChI=1S/C23H29ClN2O2S/c1-16(2)25-23(28)18(4)26(13-19-8-5-7-17(3)11-19)22(27)15-29-14-20-9-6-10-21(24)12-20/h5-12,16,18H,13-15H2,1-4H3,(H,25,28)/t18-/m0/s1. The van der Waals surface area contributed by atoms with Gasteiger partial charge in [-0.25, -0.2) is 0 Å². The average molecular weight is 433 g/mol. The maximum absolute atomic E-state index is 13.0. The molecular formula is C23H29ClN2O2S. The van der Waals surface area contributed by atoms with Gasteiger partial charge in [0.05, 0.1) is 5.75 Å². The molecule has 2 aromatic rings. The van der Waals surface area contributed by atoms with Crippen LogP contribution in [0.25, 0.3) is 0 Å². The van der Waals surface area contributed by atoms with E-state index in [9.17, 15) is 9.59 Å². The predicted octanol–water partition coefficient (Wildman–Crippen LogP) is 4.82. The number of thioether (sulfide) groups is 1. The van der Waals surface area contributed by atoms with E-state index in [1.165, 1.54) is 11.8 Å². The SMILES string of the molecule is Cc1cccc(CN(C(=O)CSCc2cccc(Cl)c2)[C@@H](C)C(=O)NC(C)C)c1. The number of aryl methyl sites for hydroxylation is 1. The molecule has 0 aliphatic carbocycles. The second-order valence-electron chi connectivity index (χ2n) is 7.47. The first kappa shape index (κ1) is 23.3. The van der Waals surface area contributed by atoms with Crippen LogP contribution in [-0.4, -0.2) is 34.6 Å². The van der Waals surface area contributed by atoms with E-state index in [-0.39, 0.29) is 17.9 Å². The number of benzene rings is 2. The van der Waals surface area contributed by atoms with Crippen molar-refractivity contribution in [1.82, 2.24) is 10.2 Å². The monoisotopic (exact) mass is 432 g/mol. The van der Waals surface area contributed by atoms with Crippen molar-refractivity contribution in [1.29, 1.82) is 0 Å². The minimum absolute atomic E-state index is 0.0260. The van der Waals surface area contributed by atoms with E-state index in [4.69, 9.17) is 11.6 Å². The van der Waals surface area contributed by atoms with Crippen molar-refractivity contribution < 1.29 is 9.59 Å². The van der Waals surface area contributed by atoms with E-state index in [1.807, 2.05) is 69.3 Å². The zero-order valence-corrected chi connectivity index (χ0v) is 19.0. The van der Waals surface area contributed by atoms with Gasteiger partial charge in [0.25, 0.3) is 0 Å². The van der Waals surface area contributed by atoms with Gasteiger partial charge in [-0.05, 0) is 51.0 Å². The largest absolute Gasteiger partial charge is 0.352 e. The maximum Gasteiger partial charge on any atom is 0.242 e. The molecule has 6 heteroatoms. The van der Waals surface area contributed by atoms with Crippen LogP contribution in [0.3, 0.4) is 0 Å². The van der Waals surface area contributed by atoms with Crippen LogP contribution in [0.15, 0.2) is 48.5 Å². The molecule has 0 radical (unpaired) electrons. The fourth-order valence-corrected chi connectivity index (χ4v) is 4.03. The molecule has 0 bridgehead atoms. The minimum Gasteiger partial charge on any atom is -0.352 e. The van der Waals surface area contributed by atoms with E-state index in [0.717, 1.165) is 16.7 Å². The van der Waals surface area contributed by atoms with Gasteiger partial charge in [0.2, 0.25) is 11.8 Å². The fourth-order valence-electron chi connectivity index (χ4n) is 2.96. The molecule has 1 atom stereocenters. The van der Waals surface area contributed by atoms with Crippen molar-refractivity contribution in [2.75, 3.05) is 5.75 Å². The molecule has 156 valence electrons. The summed E-state index contributed by atoms with van der Waals surface area (Å²) in [4.78, 5) is 27.2. The number of nitrogens with one attached hydrogen (secondary N) is 1. The molecule has 29 heavy (non-hydrogen) atoms. The summed E-state index contributed by atoms with van der Waals surface area (Å²) in [6.07, 6.45) is 0.